The predicted molar refractivity (Wildman–Crippen MR) is 60.4 cm³/mol. The molecule has 5 heteroatoms. The maximum absolute atomic E-state index is 10.8. The standard InChI is InChI=1S/C11H16N2O3/c1-16-8-4-2-7(3-5-8)9(6-12)10(13)11(14)15/h2-5,9-10H,6,12-13H2,1H3,(H,14,15)/t9-,10+/m1/s1. The minimum atomic E-state index is -1.05. The molecule has 2 atom stereocenters. The van der Waals surface area contributed by atoms with Crippen LogP contribution in [0.15, 0.2) is 24.3 Å². The first kappa shape index (κ1) is 12.5. The van der Waals surface area contributed by atoms with Gasteiger partial charge in [-0.25, -0.2) is 0 Å². The maximum Gasteiger partial charge on any atom is 0.321 e. The first-order chi connectivity index (χ1) is 7.60. The Morgan fingerprint density at radius 1 is 1.44 bits per heavy atom. The number of aliphatic carboxylic acids is 1. The molecule has 1 aromatic carbocycles. The molecule has 0 aliphatic heterocycles. The molecule has 0 aliphatic carbocycles. The van der Waals surface area contributed by atoms with Crippen LogP contribution in [-0.2, 0) is 4.79 Å². The van der Waals surface area contributed by atoms with Crippen LogP contribution in [-0.4, -0.2) is 30.8 Å². The van der Waals surface area contributed by atoms with Crippen LogP contribution >= 0.6 is 0 Å². The SMILES string of the molecule is COc1ccc([C@@H](CN)[C@H](N)C(=O)O)cc1. The van der Waals surface area contributed by atoms with Gasteiger partial charge in [-0.3, -0.25) is 4.79 Å². The quantitative estimate of drug-likeness (QED) is 0.661. The lowest BCUT2D eigenvalue weighted by atomic mass is 9.92. The van der Waals surface area contributed by atoms with Crippen molar-refractivity contribution in [2.24, 2.45) is 11.5 Å². The topological polar surface area (TPSA) is 98.6 Å². The van der Waals surface area contributed by atoms with Crippen LogP contribution in [0.25, 0.3) is 0 Å². The number of benzene rings is 1. The zero-order valence-electron chi connectivity index (χ0n) is 9.09. The third-order valence-corrected chi connectivity index (χ3v) is 2.52. The molecule has 0 unspecified atom stereocenters. The minimum Gasteiger partial charge on any atom is -0.497 e. The third kappa shape index (κ3) is 2.71. The van der Waals surface area contributed by atoms with Crippen LogP contribution in [0.1, 0.15) is 11.5 Å². The van der Waals surface area contributed by atoms with E-state index in [1.54, 1.807) is 31.4 Å². The highest BCUT2D eigenvalue weighted by atomic mass is 16.5. The van der Waals surface area contributed by atoms with Gasteiger partial charge >= 0.3 is 5.97 Å². The van der Waals surface area contributed by atoms with Crippen LogP contribution in [0, 0.1) is 0 Å². The maximum atomic E-state index is 10.8. The lowest BCUT2D eigenvalue weighted by molar-refractivity contribution is -0.139. The van der Waals surface area contributed by atoms with Gasteiger partial charge in [0.05, 0.1) is 7.11 Å². The van der Waals surface area contributed by atoms with E-state index in [9.17, 15) is 4.79 Å². The van der Waals surface area contributed by atoms with Gasteiger partial charge in [-0.05, 0) is 17.7 Å². The van der Waals surface area contributed by atoms with Crippen LogP contribution in [0.5, 0.6) is 5.75 Å². The van der Waals surface area contributed by atoms with Gasteiger partial charge in [-0.1, -0.05) is 12.1 Å². The second-order valence-electron chi connectivity index (χ2n) is 3.48. The van der Waals surface area contributed by atoms with Crippen molar-refractivity contribution in [1.82, 2.24) is 0 Å². The molecule has 0 aromatic heterocycles. The lowest BCUT2D eigenvalue weighted by Gasteiger charge is -2.19. The van der Waals surface area contributed by atoms with Gasteiger partial charge in [0.25, 0.3) is 0 Å². The summed E-state index contributed by atoms with van der Waals surface area (Å²) in [7, 11) is 1.57. The van der Waals surface area contributed by atoms with Gasteiger partial charge < -0.3 is 21.3 Å². The zero-order valence-corrected chi connectivity index (χ0v) is 9.09. The van der Waals surface area contributed by atoms with Gasteiger partial charge in [0.1, 0.15) is 11.8 Å². The molecule has 5 N–H and O–H groups in total. The molecule has 1 aromatic rings. The highest BCUT2D eigenvalue weighted by Gasteiger charge is 2.24. The molecule has 0 spiro atoms. The number of nitrogens with two attached hydrogens (primary N) is 2. The molecular formula is C11H16N2O3. The van der Waals surface area contributed by atoms with Gasteiger partial charge in [0.15, 0.2) is 0 Å². The predicted octanol–water partition coefficient (Wildman–Crippen LogP) is 0.149. The van der Waals surface area contributed by atoms with E-state index in [1.165, 1.54) is 0 Å². The summed E-state index contributed by atoms with van der Waals surface area (Å²) in [5.41, 5.74) is 11.9. The van der Waals surface area contributed by atoms with E-state index >= 15 is 0 Å². The molecular weight excluding hydrogens is 208 g/mol. The number of hydrogen-bond acceptors (Lipinski definition) is 4. The number of rotatable bonds is 5. The normalized spacial score (nSPS) is 14.2. The number of carbonyl (C=O) groups is 1. The van der Waals surface area contributed by atoms with Crippen LogP contribution in [0.3, 0.4) is 0 Å². The number of hydrogen-bond donors (Lipinski definition) is 3. The summed E-state index contributed by atoms with van der Waals surface area (Å²) in [5, 5.41) is 8.84. The lowest BCUT2D eigenvalue weighted by Crippen LogP contribution is -2.39. The molecule has 88 valence electrons. The van der Waals surface area contributed by atoms with Crippen LogP contribution < -0.4 is 16.2 Å². The smallest absolute Gasteiger partial charge is 0.321 e. The highest BCUT2D eigenvalue weighted by Crippen LogP contribution is 2.20. The fourth-order valence-corrected chi connectivity index (χ4v) is 1.51. The Balaban J connectivity index is 2.90. The molecule has 0 saturated heterocycles. The second kappa shape index (κ2) is 5.48. The Morgan fingerprint density at radius 2 is 2.00 bits per heavy atom. The van der Waals surface area contributed by atoms with Crippen molar-refractivity contribution in [1.29, 1.82) is 0 Å². The summed E-state index contributed by atoms with van der Waals surface area (Å²) >= 11 is 0. The Morgan fingerprint density at radius 3 is 2.38 bits per heavy atom. The minimum absolute atomic E-state index is 0.194. The summed E-state index contributed by atoms with van der Waals surface area (Å²) in [6, 6.07) is 6.08. The number of carboxylic acid groups (broad SMARTS) is 1. The van der Waals surface area contributed by atoms with E-state index in [0.29, 0.717) is 5.75 Å². The molecule has 16 heavy (non-hydrogen) atoms. The Hall–Kier alpha value is -1.59. The van der Waals surface area contributed by atoms with E-state index < -0.39 is 12.0 Å². The molecule has 0 fully saturated rings. The molecule has 0 amide bonds. The fourth-order valence-electron chi connectivity index (χ4n) is 1.51. The molecule has 0 radical (unpaired) electrons. The Bertz CT molecular complexity index is 351. The van der Waals surface area contributed by atoms with Gasteiger partial charge in [-0.15, -0.1) is 0 Å². The first-order valence-electron chi connectivity index (χ1n) is 4.92. The van der Waals surface area contributed by atoms with Crippen molar-refractivity contribution < 1.29 is 14.6 Å². The summed E-state index contributed by atoms with van der Waals surface area (Å²) in [5.74, 6) is -0.724. The molecule has 0 saturated carbocycles. The Kier molecular flexibility index (Phi) is 4.28. The van der Waals surface area contributed by atoms with Gasteiger partial charge in [0.2, 0.25) is 0 Å². The summed E-state index contributed by atoms with van der Waals surface area (Å²) in [6.07, 6.45) is 0. The summed E-state index contributed by atoms with van der Waals surface area (Å²) in [6.45, 7) is 0.194. The number of ether oxygens (including phenoxy) is 1. The third-order valence-electron chi connectivity index (χ3n) is 2.52. The zero-order chi connectivity index (χ0) is 12.1. The van der Waals surface area contributed by atoms with Crippen molar-refractivity contribution in [2.75, 3.05) is 13.7 Å². The molecule has 1 rings (SSSR count). The summed E-state index contributed by atoms with van der Waals surface area (Å²) < 4.78 is 5.01. The summed E-state index contributed by atoms with van der Waals surface area (Å²) in [4.78, 5) is 10.8. The van der Waals surface area contributed by atoms with Crippen molar-refractivity contribution in [3.63, 3.8) is 0 Å². The molecule has 5 nitrogen and oxygen atoms in total. The molecule has 0 aliphatic rings. The van der Waals surface area contributed by atoms with E-state index in [1.807, 2.05) is 0 Å². The average Bonchev–Trinajstić information content (AvgIpc) is 2.30. The van der Waals surface area contributed by atoms with Crippen molar-refractivity contribution in [2.45, 2.75) is 12.0 Å². The average molecular weight is 224 g/mol. The van der Waals surface area contributed by atoms with E-state index in [0.717, 1.165) is 5.56 Å². The van der Waals surface area contributed by atoms with E-state index in [2.05, 4.69) is 0 Å². The Labute approximate surface area is 94.0 Å². The fraction of sp³-hybridized carbons (Fsp3) is 0.364. The van der Waals surface area contributed by atoms with Crippen LogP contribution in [0.2, 0.25) is 0 Å². The second-order valence-corrected chi connectivity index (χ2v) is 3.48. The van der Waals surface area contributed by atoms with E-state index in [4.69, 9.17) is 21.3 Å². The van der Waals surface area contributed by atoms with Crippen molar-refractivity contribution >= 4 is 5.97 Å². The molecule has 0 bridgehead atoms. The molecule has 0 heterocycles. The van der Waals surface area contributed by atoms with E-state index in [-0.39, 0.29) is 12.5 Å². The van der Waals surface area contributed by atoms with Crippen molar-refractivity contribution in [3.8, 4) is 5.75 Å². The van der Waals surface area contributed by atoms with Crippen molar-refractivity contribution in [3.05, 3.63) is 29.8 Å². The largest absolute Gasteiger partial charge is 0.497 e. The van der Waals surface area contributed by atoms with Gasteiger partial charge in [0, 0.05) is 12.5 Å². The number of carboxylic acids is 1. The number of methoxy groups -OCH3 is 1. The monoisotopic (exact) mass is 224 g/mol. The first-order valence-corrected chi connectivity index (χ1v) is 4.92. The van der Waals surface area contributed by atoms with Gasteiger partial charge in [-0.2, -0.15) is 0 Å². The highest BCUT2D eigenvalue weighted by molar-refractivity contribution is 5.74. The van der Waals surface area contributed by atoms with Crippen LogP contribution in [0.4, 0.5) is 0 Å².